The summed E-state index contributed by atoms with van der Waals surface area (Å²) in [6.45, 7) is 9.11. The molecule has 1 aromatic rings. The minimum Gasteiger partial charge on any atom is -0.340 e. The SMILES string of the molecule is CC(C)=CCC[C@]1(C)CCC(=O)N(CCn2ccnc2)C1. The molecule has 0 spiro atoms. The van der Waals surface area contributed by atoms with Crippen LogP contribution in [0.5, 0.6) is 0 Å². The van der Waals surface area contributed by atoms with Crippen molar-refractivity contribution in [3.63, 3.8) is 0 Å². The van der Waals surface area contributed by atoms with E-state index in [0.29, 0.717) is 12.3 Å². The first-order valence-corrected chi connectivity index (χ1v) is 7.85. The van der Waals surface area contributed by atoms with Crippen molar-refractivity contribution in [3.05, 3.63) is 30.4 Å². The fraction of sp³-hybridized carbons (Fsp3) is 0.647. The number of amides is 1. The van der Waals surface area contributed by atoms with Gasteiger partial charge in [-0.3, -0.25) is 4.79 Å². The molecule has 0 radical (unpaired) electrons. The van der Waals surface area contributed by atoms with Crippen LogP contribution in [-0.2, 0) is 11.3 Å². The molecule has 21 heavy (non-hydrogen) atoms. The Balaban J connectivity index is 1.88. The number of aromatic nitrogens is 2. The number of carbonyl (C=O) groups is 1. The first kappa shape index (κ1) is 15.8. The van der Waals surface area contributed by atoms with Crippen LogP contribution in [0.15, 0.2) is 30.4 Å². The summed E-state index contributed by atoms with van der Waals surface area (Å²) in [5.74, 6) is 0.301. The van der Waals surface area contributed by atoms with Gasteiger partial charge in [0.05, 0.1) is 6.33 Å². The van der Waals surface area contributed by atoms with Crippen LogP contribution in [0.4, 0.5) is 0 Å². The normalized spacial score (nSPS) is 22.4. The molecular weight excluding hydrogens is 262 g/mol. The second-order valence-electron chi connectivity index (χ2n) is 6.75. The second-order valence-corrected chi connectivity index (χ2v) is 6.75. The Kier molecular flexibility index (Phi) is 5.21. The quantitative estimate of drug-likeness (QED) is 0.754. The van der Waals surface area contributed by atoms with E-state index in [1.165, 1.54) is 5.57 Å². The number of hydrogen-bond donors (Lipinski definition) is 0. The Morgan fingerprint density at radius 3 is 2.90 bits per heavy atom. The summed E-state index contributed by atoms with van der Waals surface area (Å²) >= 11 is 0. The largest absolute Gasteiger partial charge is 0.340 e. The summed E-state index contributed by atoms with van der Waals surface area (Å²) in [6.07, 6.45) is 11.8. The van der Waals surface area contributed by atoms with E-state index in [-0.39, 0.29) is 5.41 Å². The van der Waals surface area contributed by atoms with Crippen LogP contribution in [0.2, 0.25) is 0 Å². The van der Waals surface area contributed by atoms with Gasteiger partial charge in [0.2, 0.25) is 5.91 Å². The number of nitrogens with zero attached hydrogens (tertiary/aromatic N) is 3. The summed E-state index contributed by atoms with van der Waals surface area (Å²) in [5.41, 5.74) is 1.64. The Morgan fingerprint density at radius 1 is 1.43 bits per heavy atom. The van der Waals surface area contributed by atoms with Crippen molar-refractivity contribution < 1.29 is 4.79 Å². The van der Waals surface area contributed by atoms with Gasteiger partial charge in [-0.25, -0.2) is 4.98 Å². The van der Waals surface area contributed by atoms with Gasteiger partial charge in [-0.2, -0.15) is 0 Å². The van der Waals surface area contributed by atoms with Crippen LogP contribution in [0.25, 0.3) is 0 Å². The number of hydrogen-bond acceptors (Lipinski definition) is 2. The van der Waals surface area contributed by atoms with Crippen LogP contribution in [0.3, 0.4) is 0 Å². The molecule has 1 aliphatic rings. The number of allylic oxidation sites excluding steroid dienone is 2. The van der Waals surface area contributed by atoms with Gasteiger partial charge in [0.15, 0.2) is 0 Å². The van der Waals surface area contributed by atoms with Gasteiger partial charge in [-0.05, 0) is 38.5 Å². The highest BCUT2D eigenvalue weighted by atomic mass is 16.2. The highest BCUT2D eigenvalue weighted by Gasteiger charge is 2.33. The summed E-state index contributed by atoms with van der Waals surface area (Å²) in [4.78, 5) is 18.2. The molecule has 2 heterocycles. The minimum absolute atomic E-state index is 0.259. The van der Waals surface area contributed by atoms with Crippen molar-refractivity contribution in [2.75, 3.05) is 13.1 Å². The van der Waals surface area contributed by atoms with E-state index < -0.39 is 0 Å². The minimum atomic E-state index is 0.259. The maximum atomic E-state index is 12.1. The predicted octanol–water partition coefficient (Wildman–Crippen LogP) is 3.26. The molecule has 1 amide bonds. The van der Waals surface area contributed by atoms with Gasteiger partial charge in [0.1, 0.15) is 0 Å². The van der Waals surface area contributed by atoms with Crippen LogP contribution < -0.4 is 0 Å². The molecule has 1 atom stereocenters. The summed E-state index contributed by atoms with van der Waals surface area (Å²) in [5, 5.41) is 0. The van der Waals surface area contributed by atoms with Gasteiger partial charge in [0, 0.05) is 38.4 Å². The lowest BCUT2D eigenvalue weighted by Gasteiger charge is -2.40. The van der Waals surface area contributed by atoms with Gasteiger partial charge in [-0.15, -0.1) is 0 Å². The molecule has 0 aliphatic carbocycles. The Hall–Kier alpha value is -1.58. The van der Waals surface area contributed by atoms with Crippen molar-refractivity contribution in [3.8, 4) is 0 Å². The zero-order valence-electron chi connectivity index (χ0n) is 13.5. The molecule has 1 saturated heterocycles. The third-order valence-electron chi connectivity index (χ3n) is 4.36. The van der Waals surface area contributed by atoms with E-state index in [1.54, 1.807) is 6.20 Å². The first-order valence-electron chi connectivity index (χ1n) is 7.85. The Bertz CT molecular complexity index is 488. The lowest BCUT2D eigenvalue weighted by atomic mass is 9.77. The van der Waals surface area contributed by atoms with E-state index in [0.717, 1.165) is 38.9 Å². The van der Waals surface area contributed by atoms with Crippen molar-refractivity contribution in [2.24, 2.45) is 5.41 Å². The monoisotopic (exact) mass is 289 g/mol. The molecule has 1 aromatic heterocycles. The van der Waals surface area contributed by atoms with Crippen molar-refractivity contribution >= 4 is 5.91 Å². The highest BCUT2D eigenvalue weighted by molar-refractivity contribution is 5.77. The maximum absolute atomic E-state index is 12.1. The fourth-order valence-corrected chi connectivity index (χ4v) is 2.97. The average Bonchev–Trinajstić information content (AvgIpc) is 2.93. The van der Waals surface area contributed by atoms with Crippen molar-refractivity contribution in [1.29, 1.82) is 0 Å². The summed E-state index contributed by atoms with van der Waals surface area (Å²) in [6, 6.07) is 0. The zero-order valence-corrected chi connectivity index (χ0v) is 13.5. The molecule has 0 unspecified atom stereocenters. The molecule has 1 aliphatic heterocycles. The smallest absolute Gasteiger partial charge is 0.222 e. The number of imidazole rings is 1. The Morgan fingerprint density at radius 2 is 2.24 bits per heavy atom. The molecule has 4 nitrogen and oxygen atoms in total. The predicted molar refractivity (Wildman–Crippen MR) is 84.8 cm³/mol. The molecule has 2 rings (SSSR count). The molecule has 4 heteroatoms. The van der Waals surface area contributed by atoms with E-state index in [4.69, 9.17) is 0 Å². The highest BCUT2D eigenvalue weighted by Crippen LogP contribution is 2.34. The number of likely N-dealkylation sites (tertiary alicyclic amines) is 1. The van der Waals surface area contributed by atoms with Crippen molar-refractivity contribution in [1.82, 2.24) is 14.5 Å². The third-order valence-corrected chi connectivity index (χ3v) is 4.36. The average molecular weight is 289 g/mol. The molecule has 0 aromatic carbocycles. The zero-order chi connectivity index (χ0) is 15.3. The van der Waals surface area contributed by atoms with E-state index in [2.05, 4.69) is 31.8 Å². The number of rotatable bonds is 6. The van der Waals surface area contributed by atoms with E-state index in [1.807, 2.05) is 22.0 Å². The Labute approximate surface area is 127 Å². The van der Waals surface area contributed by atoms with Gasteiger partial charge in [-0.1, -0.05) is 18.6 Å². The van der Waals surface area contributed by atoms with Crippen LogP contribution in [0, 0.1) is 5.41 Å². The topological polar surface area (TPSA) is 38.1 Å². The van der Waals surface area contributed by atoms with Crippen LogP contribution >= 0.6 is 0 Å². The lowest BCUT2D eigenvalue weighted by Crippen LogP contribution is -2.46. The maximum Gasteiger partial charge on any atom is 0.222 e. The van der Waals surface area contributed by atoms with E-state index >= 15 is 0 Å². The van der Waals surface area contributed by atoms with Crippen molar-refractivity contribution in [2.45, 2.75) is 53.0 Å². The molecule has 116 valence electrons. The summed E-state index contributed by atoms with van der Waals surface area (Å²) < 4.78 is 2.03. The molecule has 0 saturated carbocycles. The van der Waals surface area contributed by atoms with Gasteiger partial charge in [0.25, 0.3) is 0 Å². The van der Waals surface area contributed by atoms with Crippen LogP contribution in [-0.4, -0.2) is 33.4 Å². The molecule has 0 bridgehead atoms. The molecule has 0 N–H and O–H groups in total. The molecular formula is C17H27N3O. The number of carbonyl (C=O) groups excluding carboxylic acids is 1. The second kappa shape index (κ2) is 6.92. The number of piperidine rings is 1. The van der Waals surface area contributed by atoms with E-state index in [9.17, 15) is 4.79 Å². The lowest BCUT2D eigenvalue weighted by molar-refractivity contribution is -0.137. The molecule has 1 fully saturated rings. The van der Waals surface area contributed by atoms with Gasteiger partial charge < -0.3 is 9.47 Å². The fourth-order valence-electron chi connectivity index (χ4n) is 2.97. The first-order chi connectivity index (χ1) is 9.98. The standard InChI is InChI=1S/C17H27N3O/c1-15(2)5-4-7-17(3)8-6-16(21)20(13-17)12-11-19-10-9-18-14-19/h5,9-10,14H,4,6-8,11-13H2,1-3H3/t17-/m1/s1. The van der Waals surface area contributed by atoms with Gasteiger partial charge >= 0.3 is 0 Å². The third kappa shape index (κ3) is 4.73. The summed E-state index contributed by atoms with van der Waals surface area (Å²) in [7, 11) is 0. The van der Waals surface area contributed by atoms with Crippen LogP contribution in [0.1, 0.15) is 46.5 Å².